The van der Waals surface area contributed by atoms with E-state index >= 15 is 0 Å². The van der Waals surface area contributed by atoms with Gasteiger partial charge in [0.15, 0.2) is 0 Å². The molecule has 100 valence electrons. The van der Waals surface area contributed by atoms with Crippen molar-refractivity contribution in [2.75, 3.05) is 13.6 Å². The first-order valence-corrected chi connectivity index (χ1v) is 6.84. The van der Waals surface area contributed by atoms with E-state index in [0.717, 1.165) is 25.7 Å². The van der Waals surface area contributed by atoms with Crippen molar-refractivity contribution in [1.82, 2.24) is 10.2 Å². The molecule has 0 bridgehead atoms. The molecular formula is C13H27N3O. The Bertz CT molecular complexity index is 237. The molecule has 1 aliphatic rings. The summed E-state index contributed by atoms with van der Waals surface area (Å²) in [6, 6.07) is 0.403. The highest BCUT2D eigenvalue weighted by molar-refractivity contribution is 5.75. The second-order valence-electron chi connectivity index (χ2n) is 5.13. The fraction of sp³-hybridized carbons (Fsp3) is 0.923. The van der Waals surface area contributed by atoms with Crippen LogP contribution in [-0.2, 0) is 0 Å². The summed E-state index contributed by atoms with van der Waals surface area (Å²) in [5.41, 5.74) is 5.66. The zero-order valence-electron chi connectivity index (χ0n) is 11.5. The van der Waals surface area contributed by atoms with Crippen LogP contribution in [-0.4, -0.2) is 36.1 Å². The van der Waals surface area contributed by atoms with E-state index in [1.807, 2.05) is 11.9 Å². The molecule has 0 radical (unpaired) electrons. The molecule has 0 aliphatic heterocycles. The van der Waals surface area contributed by atoms with E-state index in [9.17, 15) is 4.79 Å². The number of nitrogens with zero attached hydrogens (tertiary/aromatic N) is 1. The van der Waals surface area contributed by atoms with Crippen molar-refractivity contribution in [3.8, 4) is 0 Å². The molecule has 0 aromatic heterocycles. The van der Waals surface area contributed by atoms with Crippen molar-refractivity contribution in [2.24, 2.45) is 5.73 Å². The zero-order valence-corrected chi connectivity index (χ0v) is 11.5. The quantitative estimate of drug-likeness (QED) is 0.774. The minimum absolute atomic E-state index is 0.0334. The molecule has 0 unspecified atom stereocenters. The first-order chi connectivity index (χ1) is 8.09. The van der Waals surface area contributed by atoms with E-state index in [0.29, 0.717) is 12.6 Å². The predicted molar refractivity (Wildman–Crippen MR) is 70.9 cm³/mol. The summed E-state index contributed by atoms with van der Waals surface area (Å²) < 4.78 is 0. The molecule has 0 atom stereocenters. The number of carbonyl (C=O) groups excluding carboxylic acids is 1. The topological polar surface area (TPSA) is 58.4 Å². The maximum Gasteiger partial charge on any atom is 0.317 e. The lowest BCUT2D eigenvalue weighted by molar-refractivity contribution is 0.128. The molecule has 1 rings (SSSR count). The number of hydrogen-bond acceptors (Lipinski definition) is 2. The molecule has 0 saturated heterocycles. The van der Waals surface area contributed by atoms with Gasteiger partial charge in [0.25, 0.3) is 0 Å². The van der Waals surface area contributed by atoms with Gasteiger partial charge in [0.05, 0.1) is 5.54 Å². The Morgan fingerprint density at radius 3 is 2.29 bits per heavy atom. The first-order valence-electron chi connectivity index (χ1n) is 6.84. The van der Waals surface area contributed by atoms with Gasteiger partial charge in [0.1, 0.15) is 0 Å². The van der Waals surface area contributed by atoms with Crippen molar-refractivity contribution >= 4 is 6.03 Å². The van der Waals surface area contributed by atoms with Crippen LogP contribution in [0.25, 0.3) is 0 Å². The molecular weight excluding hydrogens is 214 g/mol. The van der Waals surface area contributed by atoms with Gasteiger partial charge in [-0.3, -0.25) is 0 Å². The summed E-state index contributed by atoms with van der Waals surface area (Å²) >= 11 is 0. The number of urea groups is 1. The standard InChI is InChI=1S/C13H27N3O/c1-4-13(5-2,10-14)16(3)12(17)15-11-8-6-7-9-11/h11H,4-10,14H2,1-3H3,(H,15,17). The van der Waals surface area contributed by atoms with Crippen LogP contribution in [0.2, 0.25) is 0 Å². The van der Waals surface area contributed by atoms with E-state index in [1.165, 1.54) is 12.8 Å². The second-order valence-corrected chi connectivity index (χ2v) is 5.13. The average Bonchev–Trinajstić information content (AvgIpc) is 2.84. The van der Waals surface area contributed by atoms with E-state index in [-0.39, 0.29) is 11.6 Å². The number of nitrogens with one attached hydrogen (secondary N) is 1. The van der Waals surface area contributed by atoms with Crippen LogP contribution in [0, 0.1) is 0 Å². The van der Waals surface area contributed by atoms with Crippen molar-refractivity contribution in [2.45, 2.75) is 64.0 Å². The summed E-state index contributed by atoms with van der Waals surface area (Å²) in [6.07, 6.45) is 6.50. The Balaban J connectivity index is 2.59. The Kier molecular flexibility index (Phi) is 5.25. The number of hydrogen-bond donors (Lipinski definition) is 2. The first kappa shape index (κ1) is 14.3. The van der Waals surface area contributed by atoms with Crippen molar-refractivity contribution in [1.29, 1.82) is 0 Å². The lowest BCUT2D eigenvalue weighted by Crippen LogP contribution is -2.57. The number of likely N-dealkylation sites (N-methyl/N-ethyl adjacent to an activating group) is 1. The summed E-state index contributed by atoms with van der Waals surface area (Å²) in [5, 5.41) is 3.12. The Morgan fingerprint density at radius 2 is 1.88 bits per heavy atom. The Hall–Kier alpha value is -0.770. The third-order valence-electron chi connectivity index (χ3n) is 4.40. The number of nitrogens with two attached hydrogens (primary N) is 1. The Labute approximate surface area is 105 Å². The van der Waals surface area contributed by atoms with Gasteiger partial charge in [-0.2, -0.15) is 0 Å². The highest BCUT2D eigenvalue weighted by atomic mass is 16.2. The summed E-state index contributed by atoms with van der Waals surface area (Å²) in [4.78, 5) is 14.0. The summed E-state index contributed by atoms with van der Waals surface area (Å²) in [6.45, 7) is 4.71. The van der Waals surface area contributed by atoms with Crippen molar-refractivity contribution in [3.63, 3.8) is 0 Å². The van der Waals surface area contributed by atoms with Crippen LogP contribution in [0.15, 0.2) is 0 Å². The molecule has 17 heavy (non-hydrogen) atoms. The molecule has 3 N–H and O–H groups in total. The molecule has 4 nitrogen and oxygen atoms in total. The van der Waals surface area contributed by atoms with Gasteiger partial charge in [-0.05, 0) is 25.7 Å². The van der Waals surface area contributed by atoms with Gasteiger partial charge < -0.3 is 16.0 Å². The molecule has 2 amide bonds. The number of carbonyl (C=O) groups is 1. The smallest absolute Gasteiger partial charge is 0.317 e. The number of rotatable bonds is 5. The van der Waals surface area contributed by atoms with Gasteiger partial charge >= 0.3 is 6.03 Å². The molecule has 0 heterocycles. The normalized spacial score (nSPS) is 17.2. The largest absolute Gasteiger partial charge is 0.335 e. The third kappa shape index (κ3) is 3.12. The van der Waals surface area contributed by atoms with E-state index in [4.69, 9.17) is 5.73 Å². The van der Waals surface area contributed by atoms with E-state index in [1.54, 1.807) is 0 Å². The molecule has 1 aliphatic carbocycles. The van der Waals surface area contributed by atoms with Crippen molar-refractivity contribution < 1.29 is 4.79 Å². The van der Waals surface area contributed by atoms with Gasteiger partial charge in [-0.25, -0.2) is 4.79 Å². The van der Waals surface area contributed by atoms with Gasteiger partial charge in [0.2, 0.25) is 0 Å². The summed E-state index contributed by atoms with van der Waals surface area (Å²) in [5.74, 6) is 0. The summed E-state index contributed by atoms with van der Waals surface area (Å²) in [7, 11) is 1.87. The molecule has 0 spiro atoms. The predicted octanol–water partition coefficient (Wildman–Crippen LogP) is 2.09. The maximum atomic E-state index is 12.2. The van der Waals surface area contributed by atoms with Crippen LogP contribution in [0.5, 0.6) is 0 Å². The monoisotopic (exact) mass is 241 g/mol. The highest BCUT2D eigenvalue weighted by Gasteiger charge is 2.33. The number of amides is 2. The molecule has 0 aromatic carbocycles. The molecule has 1 fully saturated rings. The lowest BCUT2D eigenvalue weighted by Gasteiger charge is -2.40. The van der Waals surface area contributed by atoms with Gasteiger partial charge in [-0.15, -0.1) is 0 Å². The zero-order chi connectivity index (χ0) is 12.9. The molecule has 0 aromatic rings. The Morgan fingerprint density at radius 1 is 1.35 bits per heavy atom. The fourth-order valence-corrected chi connectivity index (χ4v) is 2.71. The van der Waals surface area contributed by atoms with Crippen LogP contribution < -0.4 is 11.1 Å². The molecule has 1 saturated carbocycles. The maximum absolute atomic E-state index is 12.2. The van der Waals surface area contributed by atoms with Crippen LogP contribution in [0.4, 0.5) is 4.79 Å². The van der Waals surface area contributed by atoms with Crippen LogP contribution in [0.1, 0.15) is 52.4 Å². The lowest BCUT2D eigenvalue weighted by atomic mass is 9.91. The minimum Gasteiger partial charge on any atom is -0.335 e. The minimum atomic E-state index is -0.192. The van der Waals surface area contributed by atoms with E-state index in [2.05, 4.69) is 19.2 Å². The van der Waals surface area contributed by atoms with Crippen molar-refractivity contribution in [3.05, 3.63) is 0 Å². The van der Waals surface area contributed by atoms with Crippen LogP contribution in [0.3, 0.4) is 0 Å². The fourth-order valence-electron chi connectivity index (χ4n) is 2.71. The SMILES string of the molecule is CCC(CC)(CN)N(C)C(=O)NC1CCCC1. The van der Waals surface area contributed by atoms with Crippen LogP contribution >= 0.6 is 0 Å². The average molecular weight is 241 g/mol. The second kappa shape index (κ2) is 6.24. The third-order valence-corrected chi connectivity index (χ3v) is 4.40. The molecule has 4 heteroatoms. The van der Waals surface area contributed by atoms with Gasteiger partial charge in [0, 0.05) is 19.6 Å². The highest BCUT2D eigenvalue weighted by Crippen LogP contribution is 2.23. The van der Waals surface area contributed by atoms with E-state index < -0.39 is 0 Å². The van der Waals surface area contributed by atoms with Gasteiger partial charge in [-0.1, -0.05) is 26.7 Å².